The number of primary amides is 1. The Morgan fingerprint density at radius 2 is 1.47 bits per heavy atom. The molecule has 0 saturated heterocycles. The minimum absolute atomic E-state index is 0.0259. The van der Waals surface area contributed by atoms with Crippen molar-refractivity contribution in [2.75, 3.05) is 5.75 Å². The van der Waals surface area contributed by atoms with E-state index in [-0.39, 0.29) is 18.1 Å². The molecule has 0 bridgehead atoms. The molecule has 0 fully saturated rings. The largest absolute Gasteiger partial charge is 0.480 e. The van der Waals surface area contributed by atoms with Crippen molar-refractivity contribution in [1.29, 1.82) is 0 Å². The zero-order valence-corrected chi connectivity index (χ0v) is 18.0. The second kappa shape index (κ2) is 13.0. The third-order valence-electron chi connectivity index (χ3n) is 3.96. The number of carbonyl (C=O) groups is 5. The first-order valence-corrected chi connectivity index (χ1v) is 9.90. The third kappa shape index (κ3) is 9.89. The number of nitrogens with two attached hydrogens (primary N) is 2. The zero-order chi connectivity index (χ0) is 23.6. The number of carboxylic acids is 1. The summed E-state index contributed by atoms with van der Waals surface area (Å²) in [6, 6.07) is -5.29. The second-order valence-electron chi connectivity index (χ2n) is 7.28. The van der Waals surface area contributed by atoms with Gasteiger partial charge in [0.15, 0.2) is 0 Å². The van der Waals surface area contributed by atoms with Crippen LogP contribution < -0.4 is 27.4 Å². The van der Waals surface area contributed by atoms with Crippen LogP contribution in [0.5, 0.6) is 0 Å². The Bertz CT molecular complexity index is 644. The van der Waals surface area contributed by atoms with Crippen LogP contribution in [0.4, 0.5) is 0 Å². The van der Waals surface area contributed by atoms with E-state index in [1.54, 1.807) is 13.8 Å². The van der Waals surface area contributed by atoms with E-state index in [9.17, 15) is 34.2 Å². The zero-order valence-electron chi connectivity index (χ0n) is 17.1. The molecule has 30 heavy (non-hydrogen) atoms. The van der Waals surface area contributed by atoms with Crippen LogP contribution in [0.1, 0.15) is 33.6 Å². The molecule has 5 unspecified atom stereocenters. The van der Waals surface area contributed by atoms with Crippen LogP contribution in [0.25, 0.3) is 0 Å². The second-order valence-corrected chi connectivity index (χ2v) is 7.64. The summed E-state index contributed by atoms with van der Waals surface area (Å²) in [5, 5.41) is 25.9. The maximum Gasteiger partial charge on any atom is 0.326 e. The van der Waals surface area contributed by atoms with Gasteiger partial charge in [-0.05, 0) is 19.3 Å². The molecule has 5 atom stereocenters. The molecule has 0 radical (unpaired) electrons. The minimum atomic E-state index is -1.54. The number of rotatable bonds is 13. The fourth-order valence-electron chi connectivity index (χ4n) is 2.39. The number of carbonyl (C=O) groups excluding carboxylic acids is 4. The summed E-state index contributed by atoms with van der Waals surface area (Å²) < 4.78 is 0. The van der Waals surface area contributed by atoms with Gasteiger partial charge in [0, 0.05) is 5.75 Å². The van der Waals surface area contributed by atoms with Gasteiger partial charge in [0.1, 0.15) is 18.1 Å². The number of hydrogen-bond acceptors (Lipinski definition) is 8. The molecule has 12 nitrogen and oxygen atoms in total. The summed E-state index contributed by atoms with van der Waals surface area (Å²) in [4.78, 5) is 59.6. The highest BCUT2D eigenvalue weighted by atomic mass is 32.1. The molecule has 172 valence electrons. The van der Waals surface area contributed by atoms with E-state index >= 15 is 0 Å². The maximum absolute atomic E-state index is 12.5. The minimum Gasteiger partial charge on any atom is -0.480 e. The van der Waals surface area contributed by atoms with Crippen molar-refractivity contribution in [3.63, 3.8) is 0 Å². The van der Waals surface area contributed by atoms with Crippen molar-refractivity contribution in [3.8, 4) is 0 Å². The fraction of sp³-hybridized carbons (Fsp3) is 0.706. The Kier molecular flexibility index (Phi) is 12.0. The lowest BCUT2D eigenvalue weighted by molar-refractivity contribution is -0.143. The van der Waals surface area contributed by atoms with Crippen molar-refractivity contribution >= 4 is 42.2 Å². The first kappa shape index (κ1) is 27.6. The molecule has 0 spiro atoms. The van der Waals surface area contributed by atoms with Crippen molar-refractivity contribution < 1.29 is 34.2 Å². The number of carboxylic acid groups (broad SMARTS) is 1. The average Bonchev–Trinajstić information content (AvgIpc) is 2.62. The molecule has 0 aliphatic carbocycles. The molecular formula is C17H31N5O7S. The third-order valence-corrected chi connectivity index (χ3v) is 4.35. The van der Waals surface area contributed by atoms with Crippen LogP contribution in [0.15, 0.2) is 0 Å². The van der Waals surface area contributed by atoms with Gasteiger partial charge in [0.2, 0.25) is 23.6 Å². The van der Waals surface area contributed by atoms with Gasteiger partial charge in [-0.3, -0.25) is 19.2 Å². The number of nitrogens with one attached hydrogen (secondary N) is 3. The van der Waals surface area contributed by atoms with E-state index in [2.05, 4.69) is 28.6 Å². The van der Waals surface area contributed by atoms with Crippen LogP contribution >= 0.6 is 12.6 Å². The number of aliphatic hydroxyl groups is 1. The topological polar surface area (TPSA) is 214 Å². The predicted octanol–water partition coefficient (Wildman–Crippen LogP) is -2.92. The number of hydrogen-bond donors (Lipinski definition) is 8. The SMILES string of the molecule is CC(C)CC(NC(=O)C(NC(=O)C(CC(N)=O)NC(=O)C(N)CS)C(C)O)C(=O)O. The molecule has 0 aliphatic rings. The Morgan fingerprint density at radius 3 is 1.87 bits per heavy atom. The fourth-order valence-corrected chi connectivity index (χ4v) is 2.55. The van der Waals surface area contributed by atoms with Crippen LogP contribution in [0, 0.1) is 5.92 Å². The van der Waals surface area contributed by atoms with E-state index in [1.165, 1.54) is 6.92 Å². The van der Waals surface area contributed by atoms with Gasteiger partial charge in [-0.15, -0.1) is 0 Å². The highest BCUT2D eigenvalue weighted by Gasteiger charge is 2.33. The normalized spacial score (nSPS) is 16.0. The summed E-state index contributed by atoms with van der Waals surface area (Å²) in [7, 11) is 0. The molecule has 9 N–H and O–H groups in total. The summed E-state index contributed by atoms with van der Waals surface area (Å²) in [6.45, 7) is 4.74. The molecule has 13 heteroatoms. The number of amides is 4. The van der Waals surface area contributed by atoms with Gasteiger partial charge in [-0.1, -0.05) is 13.8 Å². The summed E-state index contributed by atoms with van der Waals surface area (Å²) in [6.07, 6.45) is -1.87. The molecule has 0 saturated carbocycles. The molecule has 4 amide bonds. The highest BCUT2D eigenvalue weighted by Crippen LogP contribution is 2.06. The molecule has 0 heterocycles. The van der Waals surface area contributed by atoms with Gasteiger partial charge in [-0.2, -0.15) is 12.6 Å². The Balaban J connectivity index is 5.40. The molecule has 0 rings (SSSR count). The van der Waals surface area contributed by atoms with E-state index in [1.807, 2.05) is 0 Å². The van der Waals surface area contributed by atoms with Gasteiger partial charge in [0.05, 0.1) is 18.6 Å². The van der Waals surface area contributed by atoms with E-state index in [4.69, 9.17) is 11.5 Å². The summed E-state index contributed by atoms with van der Waals surface area (Å²) in [5.41, 5.74) is 10.6. The number of aliphatic hydroxyl groups excluding tert-OH is 1. The van der Waals surface area contributed by atoms with E-state index in [0.717, 1.165) is 0 Å². The van der Waals surface area contributed by atoms with Crippen LogP contribution in [-0.4, -0.2) is 75.8 Å². The smallest absolute Gasteiger partial charge is 0.326 e. The highest BCUT2D eigenvalue weighted by molar-refractivity contribution is 7.80. The van der Waals surface area contributed by atoms with Crippen molar-refractivity contribution in [2.24, 2.45) is 17.4 Å². The molecule has 0 aliphatic heterocycles. The summed E-state index contributed by atoms with van der Waals surface area (Å²) >= 11 is 3.87. The first-order chi connectivity index (χ1) is 13.8. The standard InChI is InChI=1S/C17H31N5O7S/c1-7(2)4-11(17(28)29)21-16(27)13(8(3)23)22-15(26)10(5-12(19)24)20-14(25)9(18)6-30/h7-11,13,23,30H,4-6,18H2,1-3H3,(H2,19,24)(H,20,25)(H,21,27)(H,22,26)(H,28,29). The molecular weight excluding hydrogens is 418 g/mol. The molecule has 0 aromatic heterocycles. The lowest BCUT2D eigenvalue weighted by atomic mass is 10.0. The maximum atomic E-state index is 12.5. The average molecular weight is 450 g/mol. The quantitative estimate of drug-likeness (QED) is 0.136. The van der Waals surface area contributed by atoms with Crippen LogP contribution in [0.2, 0.25) is 0 Å². The van der Waals surface area contributed by atoms with Gasteiger partial charge >= 0.3 is 5.97 Å². The van der Waals surface area contributed by atoms with Crippen molar-refractivity contribution in [2.45, 2.75) is 63.9 Å². The number of aliphatic carboxylic acids is 1. The Hall–Kier alpha value is -2.38. The van der Waals surface area contributed by atoms with E-state index < -0.39 is 66.3 Å². The van der Waals surface area contributed by atoms with Gasteiger partial charge in [0.25, 0.3) is 0 Å². The Labute approximate surface area is 179 Å². The Morgan fingerprint density at radius 1 is 0.933 bits per heavy atom. The molecule has 0 aromatic carbocycles. The monoisotopic (exact) mass is 449 g/mol. The lowest BCUT2D eigenvalue weighted by Gasteiger charge is -2.26. The first-order valence-electron chi connectivity index (χ1n) is 9.26. The van der Waals surface area contributed by atoms with Gasteiger partial charge < -0.3 is 37.6 Å². The van der Waals surface area contributed by atoms with Crippen LogP contribution in [-0.2, 0) is 24.0 Å². The summed E-state index contributed by atoms with van der Waals surface area (Å²) in [5.74, 6) is -4.94. The number of thiol groups is 1. The van der Waals surface area contributed by atoms with Gasteiger partial charge in [-0.25, -0.2) is 4.79 Å². The van der Waals surface area contributed by atoms with Crippen molar-refractivity contribution in [1.82, 2.24) is 16.0 Å². The molecule has 0 aromatic rings. The van der Waals surface area contributed by atoms with Crippen molar-refractivity contribution in [3.05, 3.63) is 0 Å². The predicted molar refractivity (Wildman–Crippen MR) is 110 cm³/mol. The lowest BCUT2D eigenvalue weighted by Crippen LogP contribution is -2.60. The van der Waals surface area contributed by atoms with Crippen LogP contribution in [0.3, 0.4) is 0 Å². The van der Waals surface area contributed by atoms with E-state index in [0.29, 0.717) is 0 Å².